The fourth-order valence-electron chi connectivity index (χ4n) is 1.90. The zero-order valence-corrected chi connectivity index (χ0v) is 11.5. The van der Waals surface area contributed by atoms with E-state index in [4.69, 9.17) is 0 Å². The van der Waals surface area contributed by atoms with Crippen LogP contribution in [0.1, 0.15) is 12.5 Å². The SMILES string of the molecule is CCNc1cc(Nc2ccc(C)cc2)cc([N+](=O)[O-])c1. The first-order valence-corrected chi connectivity index (χ1v) is 6.45. The lowest BCUT2D eigenvalue weighted by atomic mass is 10.2. The maximum absolute atomic E-state index is 11.0. The predicted octanol–water partition coefficient (Wildman–Crippen LogP) is 4.08. The van der Waals surface area contributed by atoms with E-state index in [1.165, 1.54) is 17.7 Å². The summed E-state index contributed by atoms with van der Waals surface area (Å²) < 4.78 is 0. The van der Waals surface area contributed by atoms with E-state index in [1.807, 2.05) is 44.2 Å². The molecule has 0 spiro atoms. The molecule has 0 amide bonds. The molecule has 2 rings (SSSR count). The maximum atomic E-state index is 11.0. The van der Waals surface area contributed by atoms with Gasteiger partial charge in [-0.25, -0.2) is 0 Å². The molecule has 0 aliphatic carbocycles. The van der Waals surface area contributed by atoms with Crippen LogP contribution in [0.4, 0.5) is 22.7 Å². The number of aryl methyl sites for hydroxylation is 1. The van der Waals surface area contributed by atoms with Crippen LogP contribution >= 0.6 is 0 Å². The summed E-state index contributed by atoms with van der Waals surface area (Å²) >= 11 is 0. The van der Waals surface area contributed by atoms with E-state index in [2.05, 4.69) is 10.6 Å². The van der Waals surface area contributed by atoms with Crippen molar-refractivity contribution in [3.8, 4) is 0 Å². The van der Waals surface area contributed by atoms with Crippen molar-refractivity contribution in [2.24, 2.45) is 0 Å². The minimum atomic E-state index is -0.388. The third kappa shape index (κ3) is 3.47. The van der Waals surface area contributed by atoms with Crippen molar-refractivity contribution in [3.63, 3.8) is 0 Å². The van der Waals surface area contributed by atoms with Crippen LogP contribution < -0.4 is 10.6 Å². The average molecular weight is 271 g/mol. The summed E-state index contributed by atoms with van der Waals surface area (Å²) in [6, 6.07) is 12.8. The number of nitrogens with one attached hydrogen (secondary N) is 2. The van der Waals surface area contributed by atoms with Gasteiger partial charge in [0.2, 0.25) is 0 Å². The van der Waals surface area contributed by atoms with Crippen LogP contribution in [0.5, 0.6) is 0 Å². The van der Waals surface area contributed by atoms with Crippen molar-refractivity contribution in [1.29, 1.82) is 0 Å². The molecular weight excluding hydrogens is 254 g/mol. The molecule has 0 bridgehead atoms. The summed E-state index contributed by atoms with van der Waals surface area (Å²) in [5.41, 5.74) is 3.56. The molecule has 104 valence electrons. The molecule has 0 aliphatic heterocycles. The van der Waals surface area contributed by atoms with Crippen LogP contribution in [0.2, 0.25) is 0 Å². The molecule has 0 atom stereocenters. The number of rotatable bonds is 5. The normalized spacial score (nSPS) is 10.1. The topological polar surface area (TPSA) is 67.2 Å². The standard InChI is InChI=1S/C15H17N3O2/c1-3-16-13-8-14(10-15(9-13)18(19)20)17-12-6-4-11(2)5-7-12/h4-10,16-17H,3H2,1-2H3. The van der Waals surface area contributed by atoms with E-state index < -0.39 is 0 Å². The van der Waals surface area contributed by atoms with Crippen LogP contribution in [-0.4, -0.2) is 11.5 Å². The number of non-ortho nitro benzene ring substituents is 1. The number of hydrogen-bond acceptors (Lipinski definition) is 4. The minimum absolute atomic E-state index is 0.0676. The maximum Gasteiger partial charge on any atom is 0.273 e. The Morgan fingerprint density at radius 3 is 2.30 bits per heavy atom. The van der Waals surface area contributed by atoms with Crippen LogP contribution in [-0.2, 0) is 0 Å². The molecule has 0 fully saturated rings. The van der Waals surface area contributed by atoms with Crippen molar-refractivity contribution in [2.45, 2.75) is 13.8 Å². The van der Waals surface area contributed by atoms with Crippen LogP contribution in [0, 0.1) is 17.0 Å². The molecule has 2 N–H and O–H groups in total. The lowest BCUT2D eigenvalue weighted by molar-refractivity contribution is -0.384. The first-order chi connectivity index (χ1) is 9.58. The lowest BCUT2D eigenvalue weighted by Crippen LogP contribution is -2.00. The summed E-state index contributed by atoms with van der Waals surface area (Å²) in [6.45, 7) is 4.68. The van der Waals surface area contributed by atoms with Crippen LogP contribution in [0.15, 0.2) is 42.5 Å². The quantitative estimate of drug-likeness (QED) is 0.635. The van der Waals surface area contributed by atoms with E-state index in [0.29, 0.717) is 12.2 Å². The monoisotopic (exact) mass is 271 g/mol. The van der Waals surface area contributed by atoms with Gasteiger partial charge in [-0.3, -0.25) is 10.1 Å². The highest BCUT2D eigenvalue weighted by Crippen LogP contribution is 2.26. The molecule has 2 aromatic rings. The first-order valence-electron chi connectivity index (χ1n) is 6.45. The molecule has 5 heteroatoms. The highest BCUT2D eigenvalue weighted by Gasteiger charge is 2.09. The molecule has 0 heterocycles. The Bertz CT molecular complexity index is 609. The third-order valence-electron chi connectivity index (χ3n) is 2.85. The molecule has 0 unspecified atom stereocenters. The van der Waals surface area contributed by atoms with E-state index >= 15 is 0 Å². The summed E-state index contributed by atoms with van der Waals surface area (Å²) in [4.78, 5) is 10.6. The summed E-state index contributed by atoms with van der Waals surface area (Å²) in [5, 5.41) is 17.2. The Labute approximate surface area is 117 Å². The van der Waals surface area contributed by atoms with Gasteiger partial charge in [0.05, 0.1) is 4.92 Å². The second-order valence-corrected chi connectivity index (χ2v) is 4.55. The zero-order valence-electron chi connectivity index (χ0n) is 11.5. The number of nitro groups is 1. The fourth-order valence-corrected chi connectivity index (χ4v) is 1.90. The van der Waals surface area contributed by atoms with Crippen molar-refractivity contribution < 1.29 is 4.92 Å². The zero-order chi connectivity index (χ0) is 14.5. The Morgan fingerprint density at radius 1 is 1.05 bits per heavy atom. The summed E-state index contributed by atoms with van der Waals surface area (Å²) in [7, 11) is 0. The fraction of sp³-hybridized carbons (Fsp3) is 0.200. The number of hydrogen-bond donors (Lipinski definition) is 2. The largest absolute Gasteiger partial charge is 0.385 e. The highest BCUT2D eigenvalue weighted by molar-refractivity contribution is 5.68. The Hall–Kier alpha value is -2.56. The molecule has 5 nitrogen and oxygen atoms in total. The lowest BCUT2D eigenvalue weighted by Gasteiger charge is -2.10. The van der Waals surface area contributed by atoms with Crippen LogP contribution in [0.3, 0.4) is 0 Å². The molecule has 0 saturated heterocycles. The third-order valence-corrected chi connectivity index (χ3v) is 2.85. The highest BCUT2D eigenvalue weighted by atomic mass is 16.6. The van der Waals surface area contributed by atoms with Gasteiger partial charge in [-0.05, 0) is 32.0 Å². The number of anilines is 3. The van der Waals surface area contributed by atoms with Gasteiger partial charge in [-0.1, -0.05) is 17.7 Å². The molecule has 0 aliphatic rings. The number of benzene rings is 2. The van der Waals surface area contributed by atoms with Gasteiger partial charge in [0.25, 0.3) is 5.69 Å². The summed E-state index contributed by atoms with van der Waals surface area (Å²) in [5.74, 6) is 0. The van der Waals surface area contributed by atoms with Crippen molar-refractivity contribution in [3.05, 3.63) is 58.1 Å². The molecular formula is C15H17N3O2. The molecule has 0 radical (unpaired) electrons. The smallest absolute Gasteiger partial charge is 0.273 e. The van der Waals surface area contributed by atoms with Crippen molar-refractivity contribution in [2.75, 3.05) is 17.2 Å². The Morgan fingerprint density at radius 2 is 1.70 bits per heavy atom. The second-order valence-electron chi connectivity index (χ2n) is 4.55. The number of nitro benzene ring substituents is 1. The average Bonchev–Trinajstić information content (AvgIpc) is 2.41. The molecule has 20 heavy (non-hydrogen) atoms. The molecule has 0 aromatic heterocycles. The molecule has 2 aromatic carbocycles. The van der Waals surface area contributed by atoms with E-state index in [1.54, 1.807) is 0 Å². The molecule has 0 saturated carbocycles. The Kier molecular flexibility index (Phi) is 4.20. The second kappa shape index (κ2) is 6.06. The van der Waals surface area contributed by atoms with Gasteiger partial charge in [-0.2, -0.15) is 0 Å². The first kappa shape index (κ1) is 13.9. The van der Waals surface area contributed by atoms with E-state index in [0.717, 1.165) is 11.4 Å². The minimum Gasteiger partial charge on any atom is -0.385 e. The van der Waals surface area contributed by atoms with Crippen LogP contribution in [0.25, 0.3) is 0 Å². The van der Waals surface area contributed by atoms with Gasteiger partial charge in [-0.15, -0.1) is 0 Å². The van der Waals surface area contributed by atoms with Crippen molar-refractivity contribution in [1.82, 2.24) is 0 Å². The van der Waals surface area contributed by atoms with Gasteiger partial charge >= 0.3 is 0 Å². The number of nitrogens with zero attached hydrogens (tertiary/aromatic N) is 1. The van der Waals surface area contributed by atoms with Gasteiger partial charge < -0.3 is 10.6 Å². The predicted molar refractivity (Wildman–Crippen MR) is 81.7 cm³/mol. The summed E-state index contributed by atoms with van der Waals surface area (Å²) in [6.07, 6.45) is 0. The van der Waals surface area contributed by atoms with Gasteiger partial charge in [0.1, 0.15) is 0 Å². The van der Waals surface area contributed by atoms with Gasteiger partial charge in [0.15, 0.2) is 0 Å². The van der Waals surface area contributed by atoms with E-state index in [9.17, 15) is 10.1 Å². The Balaban J connectivity index is 2.29. The van der Waals surface area contributed by atoms with Crippen molar-refractivity contribution >= 4 is 22.7 Å². The van der Waals surface area contributed by atoms with E-state index in [-0.39, 0.29) is 10.6 Å². The van der Waals surface area contributed by atoms with Gasteiger partial charge in [0, 0.05) is 35.7 Å².